The number of hydrogen-bond donors (Lipinski definition) is 1. The third-order valence-corrected chi connectivity index (χ3v) is 6.84. The number of nitro groups is 1. The molecular formula is C24H35N3O5S. The summed E-state index contributed by atoms with van der Waals surface area (Å²) in [6, 6.07) is 11.9. The van der Waals surface area contributed by atoms with E-state index in [4.69, 9.17) is 0 Å². The summed E-state index contributed by atoms with van der Waals surface area (Å²) in [5.41, 5.74) is 0.837. The van der Waals surface area contributed by atoms with Gasteiger partial charge in [-0.3, -0.25) is 14.4 Å². The van der Waals surface area contributed by atoms with E-state index in [0.29, 0.717) is 18.4 Å². The number of hydrogen-bond acceptors (Lipinski definition) is 6. The number of aliphatic hydroxyl groups excluding tert-OH is 1. The molecule has 0 amide bonds. The van der Waals surface area contributed by atoms with Crippen molar-refractivity contribution in [3.8, 4) is 0 Å². The van der Waals surface area contributed by atoms with Crippen molar-refractivity contribution in [3.05, 3.63) is 64.2 Å². The first-order valence-electron chi connectivity index (χ1n) is 11.1. The van der Waals surface area contributed by atoms with Gasteiger partial charge >= 0.3 is 0 Å². The number of aryl methyl sites for hydroxylation is 1. The predicted octanol–water partition coefficient (Wildman–Crippen LogP) is 4.07. The molecule has 33 heavy (non-hydrogen) atoms. The molecule has 0 aliphatic heterocycles. The van der Waals surface area contributed by atoms with Crippen LogP contribution >= 0.6 is 0 Å². The average molecular weight is 478 g/mol. The number of non-ortho nitro benzene ring substituents is 1. The molecule has 182 valence electrons. The van der Waals surface area contributed by atoms with E-state index in [0.717, 1.165) is 23.0 Å². The van der Waals surface area contributed by atoms with Crippen LogP contribution in [0, 0.1) is 28.9 Å². The Hall–Kier alpha value is -2.49. The fourth-order valence-corrected chi connectivity index (χ4v) is 5.24. The molecule has 0 aliphatic rings. The van der Waals surface area contributed by atoms with Crippen LogP contribution in [0.4, 0.5) is 11.4 Å². The largest absolute Gasteiger partial charge is 0.390 e. The highest BCUT2D eigenvalue weighted by Gasteiger charge is 2.29. The molecule has 0 unspecified atom stereocenters. The van der Waals surface area contributed by atoms with Crippen LogP contribution < -0.4 is 4.31 Å². The first-order chi connectivity index (χ1) is 15.4. The second-order valence-corrected chi connectivity index (χ2v) is 11.1. The third kappa shape index (κ3) is 7.80. The first-order valence-corrected chi connectivity index (χ1v) is 12.6. The number of benzene rings is 2. The Morgan fingerprint density at radius 1 is 0.939 bits per heavy atom. The summed E-state index contributed by atoms with van der Waals surface area (Å²) in [7, 11) is -4.06. The van der Waals surface area contributed by atoms with Gasteiger partial charge in [0.05, 0.1) is 28.2 Å². The number of rotatable bonds is 12. The van der Waals surface area contributed by atoms with Crippen LogP contribution in [-0.4, -0.2) is 55.6 Å². The van der Waals surface area contributed by atoms with Gasteiger partial charge in [0.2, 0.25) is 0 Å². The molecule has 0 fully saturated rings. The van der Waals surface area contributed by atoms with Gasteiger partial charge in [-0.1, -0.05) is 51.5 Å². The summed E-state index contributed by atoms with van der Waals surface area (Å²) in [4.78, 5) is 12.9. The molecule has 0 aromatic heterocycles. The Kier molecular flexibility index (Phi) is 9.39. The predicted molar refractivity (Wildman–Crippen MR) is 131 cm³/mol. The SMILES string of the molecule is Cc1ccc(S(=O)(=O)N(C[C@H](O)CN(CC(C)C)CC(C)C)c2cccc([N+](=O)[O-])c2)cc1. The zero-order valence-corrected chi connectivity index (χ0v) is 20.8. The second-order valence-electron chi connectivity index (χ2n) is 9.29. The number of sulfonamides is 1. The Morgan fingerprint density at radius 3 is 2.03 bits per heavy atom. The van der Waals surface area contributed by atoms with Crippen molar-refractivity contribution in [1.82, 2.24) is 4.90 Å². The molecule has 0 radical (unpaired) electrons. The minimum Gasteiger partial charge on any atom is -0.390 e. The third-order valence-electron chi connectivity index (χ3n) is 5.03. The molecule has 8 nitrogen and oxygen atoms in total. The van der Waals surface area contributed by atoms with Crippen LogP contribution in [-0.2, 0) is 10.0 Å². The normalized spacial score (nSPS) is 13.0. The molecule has 2 rings (SSSR count). The maximum Gasteiger partial charge on any atom is 0.271 e. The lowest BCUT2D eigenvalue weighted by Gasteiger charge is -2.31. The van der Waals surface area contributed by atoms with Crippen LogP contribution in [0.15, 0.2) is 53.4 Å². The molecule has 0 saturated carbocycles. The van der Waals surface area contributed by atoms with Gasteiger partial charge in [-0.2, -0.15) is 0 Å². The standard InChI is InChI=1S/C24H35N3O5S/c1-18(2)14-25(15-19(3)4)16-23(28)17-26(21-7-6-8-22(13-21)27(29)30)33(31,32)24-11-9-20(5)10-12-24/h6-13,18-19,23,28H,14-17H2,1-5H3/t23-/m1/s1. The van der Waals surface area contributed by atoms with E-state index in [1.54, 1.807) is 12.1 Å². The number of anilines is 1. The van der Waals surface area contributed by atoms with Gasteiger partial charge in [0.15, 0.2) is 0 Å². The van der Waals surface area contributed by atoms with Gasteiger partial charge < -0.3 is 10.0 Å². The lowest BCUT2D eigenvalue weighted by molar-refractivity contribution is -0.384. The molecular weight excluding hydrogens is 442 g/mol. The van der Waals surface area contributed by atoms with E-state index < -0.39 is 21.1 Å². The first kappa shape index (κ1) is 26.8. The smallest absolute Gasteiger partial charge is 0.271 e. The molecule has 0 bridgehead atoms. The quantitative estimate of drug-likeness (QED) is 0.365. The van der Waals surface area contributed by atoms with Crippen LogP contribution in [0.3, 0.4) is 0 Å². The molecule has 0 spiro atoms. The number of nitro benzene ring substituents is 1. The van der Waals surface area contributed by atoms with Crippen LogP contribution in [0.25, 0.3) is 0 Å². The molecule has 1 N–H and O–H groups in total. The lowest BCUT2D eigenvalue weighted by Crippen LogP contribution is -2.44. The van der Waals surface area contributed by atoms with E-state index in [2.05, 4.69) is 32.6 Å². The van der Waals surface area contributed by atoms with E-state index in [1.807, 2.05) is 6.92 Å². The zero-order valence-electron chi connectivity index (χ0n) is 20.0. The maximum atomic E-state index is 13.5. The Balaban J connectivity index is 2.41. The van der Waals surface area contributed by atoms with Crippen LogP contribution in [0.2, 0.25) is 0 Å². The molecule has 2 aromatic rings. The van der Waals surface area contributed by atoms with Crippen molar-refractivity contribution in [3.63, 3.8) is 0 Å². The van der Waals surface area contributed by atoms with Crippen molar-refractivity contribution >= 4 is 21.4 Å². The minimum absolute atomic E-state index is 0.0630. The topological polar surface area (TPSA) is 104 Å². The van der Waals surface area contributed by atoms with Gasteiger partial charge in [0, 0.05) is 31.8 Å². The molecule has 9 heteroatoms. The average Bonchev–Trinajstić information content (AvgIpc) is 2.71. The van der Waals surface area contributed by atoms with Gasteiger partial charge in [-0.05, 0) is 37.0 Å². The van der Waals surface area contributed by atoms with E-state index >= 15 is 0 Å². The highest BCUT2D eigenvalue weighted by Crippen LogP contribution is 2.27. The monoisotopic (exact) mass is 477 g/mol. The van der Waals surface area contributed by atoms with Crippen LogP contribution in [0.1, 0.15) is 33.3 Å². The second kappa shape index (κ2) is 11.6. The lowest BCUT2D eigenvalue weighted by atomic mass is 10.1. The maximum absolute atomic E-state index is 13.5. The van der Waals surface area contributed by atoms with Crippen molar-refractivity contribution in [2.24, 2.45) is 11.8 Å². The Morgan fingerprint density at radius 2 is 1.52 bits per heavy atom. The summed E-state index contributed by atoms with van der Waals surface area (Å²) in [5.74, 6) is 0.778. The number of aliphatic hydroxyl groups is 1. The summed E-state index contributed by atoms with van der Waals surface area (Å²) < 4.78 is 28.1. The van der Waals surface area contributed by atoms with E-state index in [-0.39, 0.29) is 22.8 Å². The molecule has 0 aliphatic carbocycles. The molecule has 0 heterocycles. The zero-order chi connectivity index (χ0) is 24.8. The van der Waals surface area contributed by atoms with Gasteiger partial charge in [0.25, 0.3) is 15.7 Å². The fraction of sp³-hybridized carbons (Fsp3) is 0.500. The highest BCUT2D eigenvalue weighted by molar-refractivity contribution is 7.92. The highest BCUT2D eigenvalue weighted by atomic mass is 32.2. The minimum atomic E-state index is -4.06. The van der Waals surface area contributed by atoms with Crippen molar-refractivity contribution in [2.45, 2.75) is 45.6 Å². The van der Waals surface area contributed by atoms with E-state index in [9.17, 15) is 23.6 Å². The van der Waals surface area contributed by atoms with Gasteiger partial charge in [-0.15, -0.1) is 0 Å². The Bertz CT molecular complexity index is 1010. The van der Waals surface area contributed by atoms with Crippen molar-refractivity contribution in [2.75, 3.05) is 30.5 Å². The van der Waals surface area contributed by atoms with E-state index in [1.165, 1.54) is 36.4 Å². The fourth-order valence-electron chi connectivity index (χ4n) is 3.75. The summed E-state index contributed by atoms with van der Waals surface area (Å²) in [6.45, 7) is 11.9. The number of nitrogens with zero attached hydrogens (tertiary/aromatic N) is 3. The molecule has 0 saturated heterocycles. The summed E-state index contributed by atoms with van der Waals surface area (Å²) in [5, 5.41) is 22.2. The molecule has 1 atom stereocenters. The van der Waals surface area contributed by atoms with Gasteiger partial charge in [-0.25, -0.2) is 8.42 Å². The summed E-state index contributed by atoms with van der Waals surface area (Å²) in [6.07, 6.45) is -0.984. The van der Waals surface area contributed by atoms with Gasteiger partial charge in [0.1, 0.15) is 0 Å². The Labute approximate surface area is 197 Å². The summed E-state index contributed by atoms with van der Waals surface area (Å²) >= 11 is 0. The van der Waals surface area contributed by atoms with Crippen molar-refractivity contribution < 1.29 is 18.4 Å². The van der Waals surface area contributed by atoms with Crippen LogP contribution in [0.5, 0.6) is 0 Å². The van der Waals surface area contributed by atoms with Crippen molar-refractivity contribution in [1.29, 1.82) is 0 Å². The molecule has 2 aromatic carbocycles.